The van der Waals surface area contributed by atoms with Crippen LogP contribution >= 0.6 is 0 Å². The van der Waals surface area contributed by atoms with E-state index in [1.54, 1.807) is 0 Å². The van der Waals surface area contributed by atoms with Crippen LogP contribution < -0.4 is 11.3 Å². The van der Waals surface area contributed by atoms with Gasteiger partial charge in [0.1, 0.15) is 5.60 Å². The van der Waals surface area contributed by atoms with E-state index in [1.807, 2.05) is 13.8 Å². The summed E-state index contributed by atoms with van der Waals surface area (Å²) in [5.41, 5.74) is 1.61. The lowest BCUT2D eigenvalue weighted by Crippen LogP contribution is -2.32. The van der Waals surface area contributed by atoms with Gasteiger partial charge in [-0.25, -0.2) is 5.84 Å². The minimum Gasteiger partial charge on any atom is -0.459 e. The molecule has 0 spiro atoms. The van der Waals surface area contributed by atoms with Gasteiger partial charge in [0, 0.05) is 12.3 Å². The van der Waals surface area contributed by atoms with Crippen LogP contribution in [0.15, 0.2) is 0 Å². The molecule has 14 heavy (non-hydrogen) atoms. The fraction of sp³-hybridized carbons (Fsp3) is 0.778. The lowest BCUT2D eigenvalue weighted by Gasteiger charge is -2.24. The zero-order chi connectivity index (χ0) is 10.8. The van der Waals surface area contributed by atoms with Crippen molar-refractivity contribution in [3.63, 3.8) is 0 Å². The molecular formula is C9H16N2O3. The van der Waals surface area contributed by atoms with Crippen molar-refractivity contribution < 1.29 is 14.3 Å². The highest BCUT2D eigenvalue weighted by atomic mass is 16.6. The lowest BCUT2D eigenvalue weighted by atomic mass is 9.87. The van der Waals surface area contributed by atoms with E-state index in [0.29, 0.717) is 19.3 Å². The highest BCUT2D eigenvalue weighted by Gasteiger charge is 2.41. The Bertz CT molecular complexity index is 250. The summed E-state index contributed by atoms with van der Waals surface area (Å²) < 4.78 is 5.13. The molecule has 0 radical (unpaired) electrons. The second-order valence-electron chi connectivity index (χ2n) is 4.08. The number of carbonyl (C=O) groups is 2. The molecule has 1 aliphatic heterocycles. The zero-order valence-corrected chi connectivity index (χ0v) is 8.50. The maximum Gasteiger partial charge on any atom is 0.306 e. The molecule has 5 nitrogen and oxygen atoms in total. The molecule has 3 N–H and O–H groups in total. The molecule has 80 valence electrons. The summed E-state index contributed by atoms with van der Waals surface area (Å²) in [7, 11) is 0. The summed E-state index contributed by atoms with van der Waals surface area (Å²) in [5.74, 6) is 4.66. The summed E-state index contributed by atoms with van der Waals surface area (Å²) in [6, 6.07) is 0. The molecule has 0 saturated carbocycles. The number of nitrogens with one attached hydrogen (secondary N) is 1. The van der Waals surface area contributed by atoms with Crippen LogP contribution in [0, 0.1) is 5.92 Å². The quantitative estimate of drug-likeness (QED) is 0.293. The summed E-state index contributed by atoms with van der Waals surface area (Å²) >= 11 is 0. The third kappa shape index (κ3) is 2.45. The van der Waals surface area contributed by atoms with E-state index in [2.05, 4.69) is 5.43 Å². The fourth-order valence-electron chi connectivity index (χ4n) is 1.69. The van der Waals surface area contributed by atoms with Crippen molar-refractivity contribution >= 4 is 11.9 Å². The van der Waals surface area contributed by atoms with Gasteiger partial charge in [-0.15, -0.1) is 0 Å². The van der Waals surface area contributed by atoms with Crippen molar-refractivity contribution in [2.45, 2.75) is 38.7 Å². The smallest absolute Gasteiger partial charge is 0.306 e. The molecule has 1 heterocycles. The van der Waals surface area contributed by atoms with Gasteiger partial charge < -0.3 is 4.74 Å². The predicted molar refractivity (Wildman–Crippen MR) is 49.8 cm³/mol. The first-order valence-electron chi connectivity index (χ1n) is 4.67. The third-order valence-corrected chi connectivity index (χ3v) is 2.65. The van der Waals surface area contributed by atoms with Crippen LogP contribution in [0.4, 0.5) is 0 Å². The lowest BCUT2D eigenvalue weighted by molar-refractivity contribution is -0.146. The average molecular weight is 200 g/mol. The summed E-state index contributed by atoms with van der Waals surface area (Å²) in [5, 5.41) is 0. The van der Waals surface area contributed by atoms with Gasteiger partial charge in [-0.2, -0.15) is 0 Å². The maximum absolute atomic E-state index is 11.0. The largest absolute Gasteiger partial charge is 0.459 e. The van der Waals surface area contributed by atoms with Gasteiger partial charge in [-0.1, -0.05) is 0 Å². The standard InChI is InChI=1S/C9H16N2O3/c1-9(2)6(5-8(13)14-9)3-4-7(12)11-10/h6H,3-5,10H2,1-2H3,(H,11,12). The molecule has 1 aliphatic rings. The molecule has 0 aromatic rings. The molecule has 1 unspecified atom stereocenters. The highest BCUT2D eigenvalue weighted by molar-refractivity contribution is 5.76. The maximum atomic E-state index is 11.0. The van der Waals surface area contributed by atoms with E-state index in [-0.39, 0.29) is 17.8 Å². The Balaban J connectivity index is 2.45. The topological polar surface area (TPSA) is 81.4 Å². The predicted octanol–water partition coefficient (Wildman–Crippen LogP) is 0.0982. The third-order valence-electron chi connectivity index (χ3n) is 2.65. The van der Waals surface area contributed by atoms with Gasteiger partial charge in [0.25, 0.3) is 0 Å². The number of rotatable bonds is 3. The zero-order valence-electron chi connectivity index (χ0n) is 8.50. The van der Waals surface area contributed by atoms with Gasteiger partial charge in [0.2, 0.25) is 5.91 Å². The number of carbonyl (C=O) groups excluding carboxylic acids is 2. The van der Waals surface area contributed by atoms with Crippen LogP contribution in [0.5, 0.6) is 0 Å². The minimum atomic E-state index is -0.452. The van der Waals surface area contributed by atoms with Crippen LogP contribution in [0.25, 0.3) is 0 Å². The molecule has 0 aromatic carbocycles. The van der Waals surface area contributed by atoms with Gasteiger partial charge in [-0.05, 0) is 20.3 Å². The minimum absolute atomic E-state index is 0.104. The summed E-state index contributed by atoms with van der Waals surface area (Å²) in [6.07, 6.45) is 1.36. The molecular weight excluding hydrogens is 184 g/mol. The number of hydrogen-bond donors (Lipinski definition) is 2. The van der Waals surface area contributed by atoms with Crippen LogP contribution in [0.2, 0.25) is 0 Å². The van der Waals surface area contributed by atoms with Crippen LogP contribution in [-0.4, -0.2) is 17.5 Å². The number of nitrogens with two attached hydrogens (primary N) is 1. The number of cyclic esters (lactones) is 1. The van der Waals surface area contributed by atoms with Crippen molar-refractivity contribution in [2.75, 3.05) is 0 Å². The van der Waals surface area contributed by atoms with Gasteiger partial charge >= 0.3 is 5.97 Å². The second kappa shape index (κ2) is 3.96. The Hall–Kier alpha value is -1.10. The van der Waals surface area contributed by atoms with Crippen LogP contribution in [-0.2, 0) is 14.3 Å². The van der Waals surface area contributed by atoms with Gasteiger partial charge in [0.15, 0.2) is 0 Å². The highest BCUT2D eigenvalue weighted by Crippen LogP contribution is 2.35. The van der Waals surface area contributed by atoms with E-state index in [4.69, 9.17) is 10.6 Å². The first-order chi connectivity index (χ1) is 6.45. The van der Waals surface area contributed by atoms with Crippen molar-refractivity contribution in [1.29, 1.82) is 0 Å². The molecule has 1 amide bonds. The van der Waals surface area contributed by atoms with E-state index in [1.165, 1.54) is 0 Å². The van der Waals surface area contributed by atoms with E-state index in [9.17, 15) is 9.59 Å². The number of amides is 1. The van der Waals surface area contributed by atoms with Gasteiger partial charge in [-0.3, -0.25) is 15.0 Å². The molecule has 1 atom stereocenters. The molecule has 0 aliphatic carbocycles. The van der Waals surface area contributed by atoms with Crippen molar-refractivity contribution in [2.24, 2.45) is 11.8 Å². The van der Waals surface area contributed by atoms with Crippen molar-refractivity contribution in [3.05, 3.63) is 0 Å². The number of ether oxygens (including phenoxy) is 1. The summed E-state index contributed by atoms with van der Waals surface area (Å²) in [4.78, 5) is 21.9. The van der Waals surface area contributed by atoms with E-state index >= 15 is 0 Å². The normalized spacial score (nSPS) is 24.5. The molecule has 1 fully saturated rings. The summed E-state index contributed by atoms with van der Waals surface area (Å²) in [6.45, 7) is 3.73. The monoisotopic (exact) mass is 200 g/mol. The van der Waals surface area contributed by atoms with Crippen molar-refractivity contribution in [1.82, 2.24) is 5.43 Å². The molecule has 0 bridgehead atoms. The molecule has 1 saturated heterocycles. The van der Waals surface area contributed by atoms with Crippen LogP contribution in [0.3, 0.4) is 0 Å². The number of esters is 1. The Kier molecular flexibility index (Phi) is 3.10. The Morgan fingerprint density at radius 1 is 1.71 bits per heavy atom. The fourth-order valence-corrected chi connectivity index (χ4v) is 1.69. The number of hydrazine groups is 1. The molecule has 0 aromatic heterocycles. The first kappa shape index (κ1) is 11.0. The first-order valence-corrected chi connectivity index (χ1v) is 4.67. The Labute approximate surface area is 82.9 Å². The van der Waals surface area contributed by atoms with Gasteiger partial charge in [0.05, 0.1) is 6.42 Å². The van der Waals surface area contributed by atoms with Crippen molar-refractivity contribution in [3.8, 4) is 0 Å². The Morgan fingerprint density at radius 2 is 2.36 bits per heavy atom. The Morgan fingerprint density at radius 3 is 2.79 bits per heavy atom. The van der Waals surface area contributed by atoms with E-state index in [0.717, 1.165) is 0 Å². The molecule has 5 heteroatoms. The SMILES string of the molecule is CC1(C)OC(=O)CC1CCC(=O)NN. The average Bonchev–Trinajstić information content (AvgIpc) is 2.35. The van der Waals surface area contributed by atoms with E-state index < -0.39 is 5.60 Å². The second-order valence-corrected chi connectivity index (χ2v) is 4.08. The van der Waals surface area contributed by atoms with Crippen LogP contribution in [0.1, 0.15) is 33.1 Å². The molecule has 1 rings (SSSR count). The number of hydrogen-bond acceptors (Lipinski definition) is 4.